The molecule has 0 saturated heterocycles. The molecule has 39 heavy (non-hydrogen) atoms. The summed E-state index contributed by atoms with van der Waals surface area (Å²) in [6, 6.07) is 16.8. The van der Waals surface area contributed by atoms with E-state index in [1.54, 1.807) is 12.1 Å². The molecule has 0 aliphatic rings. The largest absolute Gasteiger partial charge is 0.362 e. The van der Waals surface area contributed by atoms with Crippen molar-refractivity contribution in [1.29, 1.82) is 0 Å². The number of carbonyl (C=O) groups excluding carboxylic acids is 5. The van der Waals surface area contributed by atoms with E-state index in [1.165, 1.54) is 6.92 Å². The van der Waals surface area contributed by atoms with Crippen molar-refractivity contribution in [3.63, 3.8) is 0 Å². The third-order valence-electron chi connectivity index (χ3n) is 6.35. The number of carbonyl (C=O) groups is 5. The Labute approximate surface area is 229 Å². The predicted octanol–water partition coefficient (Wildman–Crippen LogP) is 5.03. The van der Waals surface area contributed by atoms with Crippen LogP contribution < -0.4 is 5.32 Å². The Morgan fingerprint density at radius 1 is 0.667 bits per heavy atom. The molecule has 2 aromatic rings. The fourth-order valence-electron chi connectivity index (χ4n) is 3.96. The zero-order valence-corrected chi connectivity index (χ0v) is 22.6. The Bertz CT molecular complexity index is 1180. The van der Waals surface area contributed by atoms with Gasteiger partial charge in [-0.2, -0.15) is 4.79 Å². The van der Waals surface area contributed by atoms with Gasteiger partial charge < -0.3 is 15.6 Å². The number of amides is 1. The van der Waals surface area contributed by atoms with E-state index in [-0.39, 0.29) is 67.6 Å². The van der Waals surface area contributed by atoms with Crippen LogP contribution in [0.2, 0.25) is 0 Å². The van der Waals surface area contributed by atoms with Crippen molar-refractivity contribution in [3.05, 3.63) is 76.8 Å². The van der Waals surface area contributed by atoms with Crippen molar-refractivity contribution >= 4 is 34.8 Å². The van der Waals surface area contributed by atoms with Gasteiger partial charge in [-0.15, -0.1) is 0 Å². The molecule has 8 nitrogen and oxygen atoms in total. The summed E-state index contributed by atoms with van der Waals surface area (Å²) in [4.78, 5) is 62.2. The van der Waals surface area contributed by atoms with E-state index >= 15 is 0 Å². The van der Waals surface area contributed by atoms with E-state index in [2.05, 4.69) is 10.1 Å². The Morgan fingerprint density at radius 3 is 1.74 bits per heavy atom. The molecule has 0 aliphatic carbocycles. The second-order valence-corrected chi connectivity index (χ2v) is 9.73. The van der Waals surface area contributed by atoms with Gasteiger partial charge in [0.1, 0.15) is 23.1 Å². The van der Waals surface area contributed by atoms with Crippen molar-refractivity contribution in [2.45, 2.75) is 84.1 Å². The third-order valence-corrected chi connectivity index (χ3v) is 6.35. The summed E-state index contributed by atoms with van der Waals surface area (Å²) in [5.41, 5.74) is 12.6. The number of ketones is 4. The summed E-state index contributed by atoms with van der Waals surface area (Å²) in [7, 11) is 0. The molecule has 0 saturated carbocycles. The number of hydrogen-bond acceptors (Lipinski definition) is 5. The second-order valence-electron chi connectivity index (χ2n) is 9.73. The lowest BCUT2D eigenvalue weighted by Gasteiger charge is -2.06. The topological polar surface area (TPSA) is 134 Å². The number of rotatable bonds is 19. The molecule has 0 unspecified atom stereocenters. The maximum Gasteiger partial charge on any atom is 0.273 e. The quantitative estimate of drug-likeness (QED) is 0.117. The van der Waals surface area contributed by atoms with E-state index in [0.29, 0.717) is 49.9 Å². The third kappa shape index (κ3) is 13.4. The smallest absolute Gasteiger partial charge is 0.273 e. The van der Waals surface area contributed by atoms with E-state index in [1.807, 2.05) is 42.5 Å². The zero-order valence-electron chi connectivity index (χ0n) is 22.6. The van der Waals surface area contributed by atoms with Gasteiger partial charge in [0.15, 0.2) is 0 Å². The predicted molar refractivity (Wildman–Crippen MR) is 148 cm³/mol. The van der Waals surface area contributed by atoms with Gasteiger partial charge in [-0.05, 0) is 43.0 Å². The number of Topliss-reactive ketones (excluding diaryl/α,β-unsaturated/α-hetero) is 4. The molecule has 0 spiro atoms. The first-order valence-electron chi connectivity index (χ1n) is 13.4. The fraction of sp³-hybridized carbons (Fsp3) is 0.419. The van der Waals surface area contributed by atoms with Gasteiger partial charge >= 0.3 is 0 Å². The first-order chi connectivity index (χ1) is 18.8. The van der Waals surface area contributed by atoms with Crippen molar-refractivity contribution in [1.82, 2.24) is 5.32 Å². The first-order valence-corrected chi connectivity index (χ1v) is 13.4. The molecule has 2 aromatic carbocycles. The lowest BCUT2D eigenvalue weighted by atomic mass is 10.00. The van der Waals surface area contributed by atoms with Crippen LogP contribution in [0.15, 0.2) is 54.6 Å². The zero-order chi connectivity index (χ0) is 28.5. The van der Waals surface area contributed by atoms with Crippen LogP contribution in [-0.4, -0.2) is 39.5 Å². The van der Waals surface area contributed by atoms with Crippen LogP contribution in [-0.2, 0) is 32.1 Å². The lowest BCUT2D eigenvalue weighted by Crippen LogP contribution is -2.22. The SMILES string of the molecule is CC(=O)CCC(=O)CCC(=O)CCC(=O)CCCCC(Cc1ccc(CNC(=O)c2ccccc2)cc1)=[N+]=[N-]. The number of nitrogens with one attached hydrogen (secondary N) is 1. The number of hydrogen-bond donors (Lipinski definition) is 1. The lowest BCUT2D eigenvalue weighted by molar-refractivity contribution is -0.126. The van der Waals surface area contributed by atoms with Gasteiger partial charge in [0, 0.05) is 63.5 Å². The molecule has 1 N–H and O–H groups in total. The van der Waals surface area contributed by atoms with Crippen molar-refractivity contribution in [2.24, 2.45) is 0 Å². The Kier molecular flexibility index (Phi) is 14.0. The van der Waals surface area contributed by atoms with Gasteiger partial charge in [-0.1, -0.05) is 42.5 Å². The summed E-state index contributed by atoms with van der Waals surface area (Å²) in [5, 5.41) is 2.89. The van der Waals surface area contributed by atoms with Crippen molar-refractivity contribution in [2.75, 3.05) is 0 Å². The van der Waals surface area contributed by atoms with Gasteiger partial charge in [0.05, 0.1) is 6.42 Å². The van der Waals surface area contributed by atoms with Crippen LogP contribution in [0.25, 0.3) is 5.53 Å². The minimum Gasteiger partial charge on any atom is -0.362 e. The Hall–Kier alpha value is -4.03. The van der Waals surface area contributed by atoms with E-state index in [0.717, 1.165) is 11.1 Å². The molecule has 0 atom stereocenters. The van der Waals surface area contributed by atoms with Crippen LogP contribution in [0.5, 0.6) is 0 Å². The molecule has 8 heteroatoms. The highest BCUT2D eigenvalue weighted by Gasteiger charge is 2.13. The molecule has 2 rings (SSSR count). The van der Waals surface area contributed by atoms with Crippen LogP contribution in [0.3, 0.4) is 0 Å². The maximum absolute atomic E-state index is 12.2. The van der Waals surface area contributed by atoms with Gasteiger partial charge in [0.2, 0.25) is 0 Å². The average molecular weight is 532 g/mol. The van der Waals surface area contributed by atoms with E-state index in [4.69, 9.17) is 0 Å². The number of nitrogens with zero attached hydrogens (tertiary/aromatic N) is 2. The number of benzene rings is 2. The van der Waals surface area contributed by atoms with Crippen LogP contribution in [0, 0.1) is 0 Å². The molecule has 0 bridgehead atoms. The van der Waals surface area contributed by atoms with Crippen molar-refractivity contribution < 1.29 is 28.8 Å². The summed E-state index contributed by atoms with van der Waals surface area (Å²) < 4.78 is 0. The van der Waals surface area contributed by atoms with E-state index in [9.17, 15) is 29.5 Å². The average Bonchev–Trinajstić information content (AvgIpc) is 2.95. The molecule has 0 heterocycles. The summed E-state index contributed by atoms with van der Waals surface area (Å²) in [6.45, 7) is 1.84. The maximum atomic E-state index is 12.2. The minimum absolute atomic E-state index is 0.00341. The number of unbranched alkanes of at least 4 members (excludes halogenated alkanes) is 1. The van der Waals surface area contributed by atoms with Gasteiger partial charge in [-0.3, -0.25) is 19.2 Å². The normalized spacial score (nSPS) is 10.4. The summed E-state index contributed by atoms with van der Waals surface area (Å²) in [5.74, 6) is -0.389. The Morgan fingerprint density at radius 2 is 1.18 bits per heavy atom. The van der Waals surface area contributed by atoms with Crippen LogP contribution in [0.1, 0.15) is 92.6 Å². The summed E-state index contributed by atoms with van der Waals surface area (Å²) in [6.07, 6.45) is 3.63. The molecule has 0 aliphatic heterocycles. The molecular formula is C31H37N3O5. The second kappa shape index (κ2) is 17.5. The van der Waals surface area contributed by atoms with Crippen LogP contribution in [0.4, 0.5) is 0 Å². The standard InChI is InChI=1S/C31H37N3O5/c1-23(35)11-16-29(37)19-20-30(38)18-17-28(36)10-6-5-9-27(34-32)21-24-12-14-25(15-13-24)22-33-31(39)26-7-3-2-4-8-26/h2-4,7-8,12-15H,5-6,9-11,16-22H2,1H3,(H,33,39). The molecule has 1 amide bonds. The first kappa shape index (κ1) is 31.2. The Balaban J connectivity index is 1.61. The minimum atomic E-state index is -0.131. The fourth-order valence-corrected chi connectivity index (χ4v) is 3.96. The van der Waals surface area contributed by atoms with Gasteiger partial charge in [0.25, 0.3) is 11.6 Å². The molecule has 0 fully saturated rings. The molecular weight excluding hydrogens is 494 g/mol. The molecule has 206 valence electrons. The van der Waals surface area contributed by atoms with Crippen LogP contribution >= 0.6 is 0 Å². The highest BCUT2D eigenvalue weighted by atomic mass is 16.2. The van der Waals surface area contributed by atoms with E-state index < -0.39 is 0 Å². The van der Waals surface area contributed by atoms with Gasteiger partial charge in [-0.25, -0.2) is 0 Å². The highest BCUT2D eigenvalue weighted by Crippen LogP contribution is 2.11. The molecule has 0 aromatic heterocycles. The monoisotopic (exact) mass is 531 g/mol. The summed E-state index contributed by atoms with van der Waals surface area (Å²) >= 11 is 0. The molecule has 0 radical (unpaired) electrons. The van der Waals surface area contributed by atoms with Crippen molar-refractivity contribution in [3.8, 4) is 0 Å². The highest BCUT2D eigenvalue weighted by molar-refractivity contribution is 5.94.